The molecule has 1 atom stereocenters. The third-order valence-electron chi connectivity index (χ3n) is 7.01. The monoisotopic (exact) mass is 659 g/mol. The normalized spacial score (nSPS) is 12.0. The smallest absolute Gasteiger partial charge is 0.408 e. The van der Waals surface area contributed by atoms with Crippen molar-refractivity contribution in [2.24, 2.45) is 0 Å². The highest BCUT2D eigenvalue weighted by Gasteiger charge is 2.25. The Morgan fingerprint density at radius 3 is 2.07 bits per heavy atom. The molecule has 0 aliphatic heterocycles. The van der Waals surface area contributed by atoms with Gasteiger partial charge in [-0.2, -0.15) is 0 Å². The molecule has 5 aromatic rings. The van der Waals surface area contributed by atoms with Crippen LogP contribution in [0.5, 0.6) is 0 Å². The fourth-order valence-electron chi connectivity index (χ4n) is 4.83. The van der Waals surface area contributed by atoms with Crippen LogP contribution in [-0.2, 0) is 24.2 Å². The first kappa shape index (κ1) is 32.6. The molecule has 0 saturated carbocycles. The van der Waals surface area contributed by atoms with E-state index in [0.29, 0.717) is 42.0 Å². The zero-order valence-electron chi connectivity index (χ0n) is 25.1. The number of carbonyl (C=O) groups excluding carboxylic acids is 1. The quantitative estimate of drug-likeness (QED) is 0.123. The van der Waals surface area contributed by atoms with E-state index in [-0.39, 0.29) is 5.92 Å². The highest BCUT2D eigenvalue weighted by atomic mass is 35.5. The number of carbonyl (C=O) groups is 1. The molecule has 1 unspecified atom stereocenters. The first-order chi connectivity index (χ1) is 21.8. The van der Waals surface area contributed by atoms with Crippen molar-refractivity contribution in [2.45, 2.75) is 55.3 Å². The number of hydrogen-bond donors (Lipinski definition) is 2. The molecule has 1 amide bonds. The number of alkyl carbamates (subject to hydrolysis) is 1. The van der Waals surface area contributed by atoms with Crippen LogP contribution in [0.15, 0.2) is 113 Å². The minimum Gasteiger partial charge on any atom is -0.438 e. The molecule has 0 saturated heterocycles. The van der Waals surface area contributed by atoms with Crippen molar-refractivity contribution in [3.05, 3.63) is 142 Å². The molecule has 45 heavy (non-hydrogen) atoms. The van der Waals surface area contributed by atoms with Gasteiger partial charge in [-0.05, 0) is 52.9 Å². The Hall–Kier alpha value is -3.82. The molecule has 0 radical (unpaired) electrons. The standard InChI is InChI=1S/C35H35Cl2N5O2S/c1-24(2)32-34(45-30-19-28(36)18-29(37)20-30)41-33(40-32)31(17-25-13-15-38-16-14-25)44-35(43)39-23-42(21-26-9-5-3-6-10-26)22-27-11-7-4-8-12-27/h3-16,18-20,24,31H,17,21-23H2,1-2H3,(H,39,43)(H,40,41). The van der Waals surface area contributed by atoms with Gasteiger partial charge < -0.3 is 15.0 Å². The zero-order chi connectivity index (χ0) is 31.6. The summed E-state index contributed by atoms with van der Waals surface area (Å²) in [6, 6.07) is 29.6. The van der Waals surface area contributed by atoms with Crippen molar-refractivity contribution in [1.82, 2.24) is 25.2 Å². The molecule has 5 rings (SSSR count). The van der Waals surface area contributed by atoms with E-state index >= 15 is 0 Å². The number of H-pyrrole nitrogens is 1. The summed E-state index contributed by atoms with van der Waals surface area (Å²) in [7, 11) is 0. The zero-order valence-corrected chi connectivity index (χ0v) is 27.4. The summed E-state index contributed by atoms with van der Waals surface area (Å²) < 4.78 is 6.09. The fraction of sp³-hybridized carbons (Fsp3) is 0.229. The second kappa shape index (κ2) is 16.0. The maximum absolute atomic E-state index is 13.4. The predicted octanol–water partition coefficient (Wildman–Crippen LogP) is 9.06. The average Bonchev–Trinajstić information content (AvgIpc) is 3.45. The molecule has 0 aliphatic rings. The molecule has 7 nitrogen and oxygen atoms in total. The van der Waals surface area contributed by atoms with Crippen molar-refractivity contribution >= 4 is 41.1 Å². The molecule has 2 N–H and O–H groups in total. The van der Waals surface area contributed by atoms with Crippen LogP contribution in [-0.4, -0.2) is 32.6 Å². The topological polar surface area (TPSA) is 83.1 Å². The number of hydrogen-bond acceptors (Lipinski definition) is 6. The maximum Gasteiger partial charge on any atom is 0.408 e. The van der Waals surface area contributed by atoms with Crippen LogP contribution < -0.4 is 5.32 Å². The number of imidazole rings is 1. The van der Waals surface area contributed by atoms with E-state index in [1.807, 2.05) is 60.7 Å². The minimum atomic E-state index is -0.668. The van der Waals surface area contributed by atoms with Gasteiger partial charge in [-0.15, -0.1) is 0 Å². The molecule has 10 heteroatoms. The second-order valence-corrected chi connectivity index (χ2v) is 12.9. The van der Waals surface area contributed by atoms with E-state index in [9.17, 15) is 4.79 Å². The van der Waals surface area contributed by atoms with Gasteiger partial charge in [0.25, 0.3) is 0 Å². The average molecular weight is 661 g/mol. The molecule has 0 fully saturated rings. The van der Waals surface area contributed by atoms with E-state index in [0.717, 1.165) is 32.3 Å². The molecule has 0 bridgehead atoms. The van der Waals surface area contributed by atoms with Gasteiger partial charge in [0.05, 0.1) is 12.4 Å². The number of halogens is 2. The summed E-state index contributed by atoms with van der Waals surface area (Å²) in [5.74, 6) is 0.704. The van der Waals surface area contributed by atoms with Crippen LogP contribution >= 0.6 is 35.0 Å². The van der Waals surface area contributed by atoms with Crippen molar-refractivity contribution in [3.8, 4) is 0 Å². The number of aromatic nitrogens is 3. The summed E-state index contributed by atoms with van der Waals surface area (Å²) in [6.45, 7) is 5.81. The van der Waals surface area contributed by atoms with Gasteiger partial charge in [0, 0.05) is 46.8 Å². The highest BCUT2D eigenvalue weighted by molar-refractivity contribution is 7.99. The molecule has 232 valence electrons. The Morgan fingerprint density at radius 2 is 1.49 bits per heavy atom. The maximum atomic E-state index is 13.4. The van der Waals surface area contributed by atoms with Crippen LogP contribution in [0.4, 0.5) is 4.79 Å². The molecular weight excluding hydrogens is 625 g/mol. The van der Waals surface area contributed by atoms with E-state index in [1.54, 1.807) is 18.5 Å². The number of amides is 1. The lowest BCUT2D eigenvalue weighted by molar-refractivity contribution is 0.0863. The van der Waals surface area contributed by atoms with Crippen molar-refractivity contribution in [1.29, 1.82) is 0 Å². The van der Waals surface area contributed by atoms with Crippen LogP contribution in [0.25, 0.3) is 0 Å². The number of benzene rings is 3. The first-order valence-corrected chi connectivity index (χ1v) is 16.3. The van der Waals surface area contributed by atoms with E-state index in [4.69, 9.17) is 32.9 Å². The van der Waals surface area contributed by atoms with Gasteiger partial charge in [0.1, 0.15) is 10.9 Å². The van der Waals surface area contributed by atoms with Gasteiger partial charge in [-0.3, -0.25) is 9.88 Å². The van der Waals surface area contributed by atoms with Gasteiger partial charge >= 0.3 is 6.09 Å². The molecule has 2 heterocycles. The number of nitrogens with one attached hydrogen (secondary N) is 2. The Balaban J connectivity index is 1.35. The lowest BCUT2D eigenvalue weighted by atomic mass is 10.1. The summed E-state index contributed by atoms with van der Waals surface area (Å²) in [4.78, 5) is 28.9. The predicted molar refractivity (Wildman–Crippen MR) is 181 cm³/mol. The molecule has 2 aromatic heterocycles. The minimum absolute atomic E-state index is 0.142. The molecule has 0 spiro atoms. The van der Waals surface area contributed by atoms with E-state index < -0.39 is 12.2 Å². The third kappa shape index (κ3) is 9.83. The van der Waals surface area contributed by atoms with Gasteiger partial charge in [0.2, 0.25) is 0 Å². The largest absolute Gasteiger partial charge is 0.438 e. The van der Waals surface area contributed by atoms with Crippen molar-refractivity contribution in [2.75, 3.05) is 6.67 Å². The Labute approximate surface area is 278 Å². The molecule has 0 aliphatic carbocycles. The molecular formula is C35H35Cl2N5O2S. The van der Waals surface area contributed by atoms with Gasteiger partial charge in [-0.1, -0.05) is 109 Å². The van der Waals surface area contributed by atoms with Crippen molar-refractivity contribution < 1.29 is 9.53 Å². The number of aromatic amines is 1. The summed E-state index contributed by atoms with van der Waals surface area (Å²) in [5, 5.41) is 4.86. The third-order valence-corrected chi connectivity index (χ3v) is 8.43. The lowest BCUT2D eigenvalue weighted by Crippen LogP contribution is -2.38. The van der Waals surface area contributed by atoms with Crippen LogP contribution in [0, 0.1) is 0 Å². The number of ether oxygens (including phenoxy) is 1. The van der Waals surface area contributed by atoms with Crippen LogP contribution in [0.2, 0.25) is 10.0 Å². The number of pyridine rings is 1. The highest BCUT2D eigenvalue weighted by Crippen LogP contribution is 2.36. The Bertz CT molecular complexity index is 1610. The summed E-state index contributed by atoms with van der Waals surface area (Å²) in [6.07, 6.45) is 2.68. The van der Waals surface area contributed by atoms with E-state index in [1.165, 1.54) is 11.8 Å². The number of nitrogens with zero attached hydrogens (tertiary/aromatic N) is 3. The first-order valence-electron chi connectivity index (χ1n) is 14.7. The summed E-state index contributed by atoms with van der Waals surface area (Å²) in [5.41, 5.74) is 4.21. The Morgan fingerprint density at radius 1 is 0.889 bits per heavy atom. The van der Waals surface area contributed by atoms with Crippen molar-refractivity contribution in [3.63, 3.8) is 0 Å². The van der Waals surface area contributed by atoms with E-state index in [2.05, 4.69) is 58.3 Å². The lowest BCUT2D eigenvalue weighted by Gasteiger charge is -2.24. The van der Waals surface area contributed by atoms with Gasteiger partial charge in [-0.25, -0.2) is 9.78 Å². The SMILES string of the molecule is CC(C)c1[nH]c(C(Cc2ccncc2)OC(=O)NCN(Cc2ccccc2)Cc2ccccc2)nc1Sc1cc(Cl)cc(Cl)c1. The van der Waals surface area contributed by atoms with Crippen LogP contribution in [0.3, 0.4) is 0 Å². The number of rotatable bonds is 13. The second-order valence-electron chi connectivity index (χ2n) is 10.9. The van der Waals surface area contributed by atoms with Crippen LogP contribution in [0.1, 0.15) is 54.1 Å². The summed E-state index contributed by atoms with van der Waals surface area (Å²) >= 11 is 14.0. The Kier molecular flexibility index (Phi) is 11.5. The van der Waals surface area contributed by atoms with Gasteiger partial charge in [0.15, 0.2) is 6.10 Å². The molecule has 3 aromatic carbocycles. The fourth-order valence-corrected chi connectivity index (χ4v) is 6.63.